The number of carbonyl (C=O) groups is 1. The fourth-order valence-corrected chi connectivity index (χ4v) is 2.24. The van der Waals surface area contributed by atoms with E-state index in [4.69, 9.17) is 0 Å². The predicted octanol–water partition coefficient (Wildman–Crippen LogP) is -0.825. The van der Waals surface area contributed by atoms with Crippen molar-refractivity contribution in [2.75, 3.05) is 6.54 Å². The average molecular weight is 170 g/mol. The van der Waals surface area contributed by atoms with E-state index in [1.165, 1.54) is 4.90 Å². The van der Waals surface area contributed by atoms with Crippen molar-refractivity contribution in [2.45, 2.75) is 31.4 Å². The lowest BCUT2D eigenvalue weighted by Gasteiger charge is -2.53. The molecule has 1 saturated carbocycles. The maximum atomic E-state index is 10.5. The van der Waals surface area contributed by atoms with Crippen molar-refractivity contribution >= 4 is 6.09 Å². The van der Waals surface area contributed by atoms with Crippen LogP contribution in [0.3, 0.4) is 0 Å². The third kappa shape index (κ3) is 1.06. The van der Waals surface area contributed by atoms with Crippen molar-refractivity contribution in [1.29, 1.82) is 0 Å². The molecule has 68 valence electrons. The molecule has 4 heteroatoms. The van der Waals surface area contributed by atoms with E-state index in [-0.39, 0.29) is 12.1 Å². The van der Waals surface area contributed by atoms with Gasteiger partial charge in [-0.1, -0.05) is 0 Å². The van der Waals surface area contributed by atoms with Crippen LogP contribution in [0.2, 0.25) is 0 Å². The zero-order valence-corrected chi connectivity index (χ0v) is 6.77. The molecule has 0 spiro atoms. The standard InChI is InChI=1S/C8H13NO3/c10-6-2-1-5-4-9(8(11)12)7(5)3-6/h5-7,10H,1-4H2,(H,11,12)/p-1. The largest absolute Gasteiger partial charge is 0.530 e. The van der Waals surface area contributed by atoms with E-state index in [2.05, 4.69) is 0 Å². The van der Waals surface area contributed by atoms with Gasteiger partial charge in [-0.3, -0.25) is 0 Å². The van der Waals surface area contributed by atoms with Crippen LogP contribution in [0.5, 0.6) is 0 Å². The summed E-state index contributed by atoms with van der Waals surface area (Å²) in [7, 11) is 0. The maximum absolute atomic E-state index is 10.5. The molecule has 12 heavy (non-hydrogen) atoms. The van der Waals surface area contributed by atoms with Crippen molar-refractivity contribution in [3.05, 3.63) is 0 Å². The minimum absolute atomic E-state index is 0.0405. The zero-order valence-electron chi connectivity index (χ0n) is 6.77. The van der Waals surface area contributed by atoms with Crippen molar-refractivity contribution < 1.29 is 15.0 Å². The summed E-state index contributed by atoms with van der Waals surface area (Å²) in [6.07, 6.45) is 0.967. The van der Waals surface area contributed by atoms with Gasteiger partial charge in [0.05, 0.1) is 6.10 Å². The molecule has 1 saturated heterocycles. The number of carbonyl (C=O) groups excluding carboxylic acids is 1. The van der Waals surface area contributed by atoms with Crippen LogP contribution < -0.4 is 5.11 Å². The summed E-state index contributed by atoms with van der Waals surface area (Å²) in [5, 5.41) is 19.8. The number of nitrogens with zero attached hydrogens (tertiary/aromatic N) is 1. The van der Waals surface area contributed by atoms with E-state index in [1.54, 1.807) is 0 Å². The summed E-state index contributed by atoms with van der Waals surface area (Å²) < 4.78 is 0. The molecule has 1 heterocycles. The predicted molar refractivity (Wildman–Crippen MR) is 39.2 cm³/mol. The van der Waals surface area contributed by atoms with Crippen LogP contribution in [0, 0.1) is 5.92 Å². The Bertz CT molecular complexity index is 206. The fourth-order valence-electron chi connectivity index (χ4n) is 2.24. The minimum atomic E-state index is -1.09. The number of likely N-dealkylation sites (tertiary alicyclic amines) is 1. The topological polar surface area (TPSA) is 63.6 Å². The maximum Gasteiger partial charge on any atom is 0.137 e. The Labute approximate surface area is 70.8 Å². The first-order chi connectivity index (χ1) is 5.68. The van der Waals surface area contributed by atoms with Crippen molar-refractivity contribution in [2.24, 2.45) is 5.92 Å². The summed E-state index contributed by atoms with van der Waals surface area (Å²) in [6.45, 7) is 0.611. The van der Waals surface area contributed by atoms with E-state index in [1.807, 2.05) is 0 Å². The molecule has 1 aliphatic heterocycles. The van der Waals surface area contributed by atoms with E-state index in [9.17, 15) is 15.0 Å². The second kappa shape index (κ2) is 2.62. The smallest absolute Gasteiger partial charge is 0.137 e. The molecular formula is C8H12NO3-. The number of fused-ring (bicyclic) bond motifs is 1. The number of rotatable bonds is 0. The molecule has 0 radical (unpaired) electrons. The number of aliphatic hydroxyl groups is 1. The molecule has 0 aromatic rings. The Morgan fingerprint density at radius 2 is 2.25 bits per heavy atom. The van der Waals surface area contributed by atoms with Crippen molar-refractivity contribution in [1.82, 2.24) is 4.90 Å². The first kappa shape index (κ1) is 7.86. The third-order valence-corrected chi connectivity index (χ3v) is 2.99. The van der Waals surface area contributed by atoms with Crippen LogP contribution in [0.4, 0.5) is 4.79 Å². The Kier molecular flexibility index (Phi) is 1.72. The first-order valence-electron chi connectivity index (χ1n) is 4.34. The molecule has 4 nitrogen and oxygen atoms in total. The number of aliphatic hydroxyl groups excluding tert-OH is 1. The molecule has 1 amide bonds. The van der Waals surface area contributed by atoms with Gasteiger partial charge in [0.25, 0.3) is 0 Å². The highest BCUT2D eigenvalue weighted by Gasteiger charge is 2.42. The Morgan fingerprint density at radius 1 is 1.50 bits per heavy atom. The Balaban J connectivity index is 1.97. The Hall–Kier alpha value is -0.770. The van der Waals surface area contributed by atoms with Crippen LogP contribution in [0.15, 0.2) is 0 Å². The van der Waals surface area contributed by atoms with Crippen molar-refractivity contribution in [3.8, 4) is 0 Å². The highest BCUT2D eigenvalue weighted by molar-refractivity contribution is 5.64. The lowest BCUT2D eigenvalue weighted by atomic mass is 9.76. The molecule has 0 bridgehead atoms. The highest BCUT2D eigenvalue weighted by atomic mass is 16.4. The monoisotopic (exact) mass is 170 g/mol. The van der Waals surface area contributed by atoms with Gasteiger partial charge in [0, 0.05) is 12.6 Å². The Morgan fingerprint density at radius 3 is 2.92 bits per heavy atom. The van der Waals surface area contributed by atoms with Crippen LogP contribution in [0.1, 0.15) is 19.3 Å². The number of amides is 1. The number of hydrogen-bond donors (Lipinski definition) is 1. The minimum Gasteiger partial charge on any atom is -0.530 e. The molecule has 1 aliphatic carbocycles. The highest BCUT2D eigenvalue weighted by Crippen LogP contribution is 2.36. The van der Waals surface area contributed by atoms with Gasteiger partial charge in [-0.15, -0.1) is 0 Å². The molecule has 2 fully saturated rings. The van der Waals surface area contributed by atoms with Gasteiger partial charge < -0.3 is 19.9 Å². The van der Waals surface area contributed by atoms with Crippen molar-refractivity contribution in [3.63, 3.8) is 0 Å². The van der Waals surface area contributed by atoms with Gasteiger partial charge in [0.2, 0.25) is 0 Å². The molecule has 0 aromatic heterocycles. The molecule has 0 aromatic carbocycles. The molecule has 2 rings (SSSR count). The summed E-state index contributed by atoms with van der Waals surface area (Å²) in [5.41, 5.74) is 0. The summed E-state index contributed by atoms with van der Waals surface area (Å²) in [6, 6.07) is 0.0405. The van der Waals surface area contributed by atoms with E-state index in [0.29, 0.717) is 18.9 Å². The number of carboxylic acid groups (broad SMARTS) is 1. The zero-order chi connectivity index (χ0) is 8.72. The van der Waals surface area contributed by atoms with Crippen LogP contribution >= 0.6 is 0 Å². The summed E-state index contributed by atoms with van der Waals surface area (Å²) >= 11 is 0. The molecule has 1 N–H and O–H groups in total. The van der Waals surface area contributed by atoms with Gasteiger partial charge in [-0.25, -0.2) is 0 Å². The van der Waals surface area contributed by atoms with E-state index < -0.39 is 6.09 Å². The third-order valence-electron chi connectivity index (χ3n) is 2.99. The van der Waals surface area contributed by atoms with Gasteiger partial charge in [0.1, 0.15) is 6.09 Å². The van der Waals surface area contributed by atoms with Crippen LogP contribution in [0.25, 0.3) is 0 Å². The van der Waals surface area contributed by atoms with E-state index >= 15 is 0 Å². The van der Waals surface area contributed by atoms with E-state index in [0.717, 1.165) is 12.8 Å². The average Bonchev–Trinajstić information content (AvgIpc) is 1.95. The lowest BCUT2D eigenvalue weighted by molar-refractivity contribution is -0.278. The molecule has 2 aliphatic rings. The second-order valence-corrected chi connectivity index (χ2v) is 3.71. The molecule has 3 atom stereocenters. The normalized spacial score (nSPS) is 40.1. The first-order valence-corrected chi connectivity index (χ1v) is 4.34. The lowest BCUT2D eigenvalue weighted by Crippen LogP contribution is -2.64. The number of hydrogen-bond acceptors (Lipinski definition) is 3. The van der Waals surface area contributed by atoms with Crippen LogP contribution in [-0.2, 0) is 0 Å². The van der Waals surface area contributed by atoms with Gasteiger partial charge in [-0.2, -0.15) is 0 Å². The SMILES string of the molecule is O=C([O-])N1CC2CCC(O)CC21. The summed E-state index contributed by atoms with van der Waals surface area (Å²) in [5.74, 6) is 0.478. The quantitative estimate of drug-likeness (QED) is 0.516. The summed E-state index contributed by atoms with van der Waals surface area (Å²) in [4.78, 5) is 11.8. The van der Waals surface area contributed by atoms with Gasteiger partial charge in [0.15, 0.2) is 0 Å². The van der Waals surface area contributed by atoms with Gasteiger partial charge >= 0.3 is 0 Å². The molecule has 3 unspecified atom stereocenters. The van der Waals surface area contributed by atoms with Gasteiger partial charge in [-0.05, 0) is 25.2 Å². The molecular weight excluding hydrogens is 158 g/mol. The van der Waals surface area contributed by atoms with Crippen LogP contribution in [-0.4, -0.2) is 34.8 Å². The fraction of sp³-hybridized carbons (Fsp3) is 0.875. The second-order valence-electron chi connectivity index (χ2n) is 3.71.